The Hall–Kier alpha value is -1.95. The minimum absolute atomic E-state index is 0.658. The van der Waals surface area contributed by atoms with Crippen molar-refractivity contribution in [3.8, 4) is 0 Å². The minimum atomic E-state index is 0.658. The molecule has 21 heavy (non-hydrogen) atoms. The molecule has 0 radical (unpaired) electrons. The Balaban J connectivity index is 2.10. The van der Waals surface area contributed by atoms with Gasteiger partial charge >= 0.3 is 0 Å². The van der Waals surface area contributed by atoms with E-state index in [9.17, 15) is 0 Å². The highest BCUT2D eigenvalue weighted by Gasteiger charge is 2.15. The molecule has 3 heterocycles. The summed E-state index contributed by atoms with van der Waals surface area (Å²) in [5, 5.41) is 4.60. The number of hydrogen-bond acceptors (Lipinski definition) is 3. The van der Waals surface area contributed by atoms with Gasteiger partial charge in [-0.1, -0.05) is 19.4 Å². The number of fused-ring (bicyclic) bond motifs is 1. The van der Waals surface area contributed by atoms with Crippen molar-refractivity contribution in [2.75, 3.05) is 0 Å². The number of imidazole rings is 1. The molecule has 5 nitrogen and oxygen atoms in total. The van der Waals surface area contributed by atoms with Gasteiger partial charge in [0.15, 0.2) is 10.4 Å². The predicted molar refractivity (Wildman–Crippen MR) is 86.0 cm³/mol. The first-order valence-electron chi connectivity index (χ1n) is 7.17. The summed E-state index contributed by atoms with van der Waals surface area (Å²) in [6.07, 6.45) is 2.02. The monoisotopic (exact) mass is 301 g/mol. The lowest BCUT2D eigenvalue weighted by atomic mass is 10.2. The molecule has 0 atom stereocenters. The first-order chi connectivity index (χ1) is 10.1. The second-order valence-electron chi connectivity index (χ2n) is 5.31. The van der Waals surface area contributed by atoms with E-state index in [-0.39, 0.29) is 0 Å². The zero-order valence-electron chi connectivity index (χ0n) is 12.6. The number of rotatable bonds is 4. The summed E-state index contributed by atoms with van der Waals surface area (Å²) in [5.74, 6) is 0. The van der Waals surface area contributed by atoms with Gasteiger partial charge in [-0.3, -0.25) is 14.2 Å². The van der Waals surface area contributed by atoms with Crippen molar-refractivity contribution >= 4 is 23.4 Å². The Bertz CT molecular complexity index is 839. The molecule has 110 valence electrons. The van der Waals surface area contributed by atoms with Crippen LogP contribution in [0.25, 0.3) is 11.2 Å². The van der Waals surface area contributed by atoms with E-state index in [0.29, 0.717) is 6.54 Å². The molecular formula is C15H19N5S. The molecule has 0 spiro atoms. The van der Waals surface area contributed by atoms with Crippen LogP contribution < -0.4 is 0 Å². The molecule has 0 aromatic carbocycles. The topological polar surface area (TPSA) is 51.4 Å². The lowest BCUT2D eigenvalue weighted by molar-refractivity contribution is 0.696. The van der Waals surface area contributed by atoms with Gasteiger partial charge in [0.25, 0.3) is 0 Å². The van der Waals surface area contributed by atoms with E-state index in [1.54, 1.807) is 0 Å². The Morgan fingerprint density at radius 2 is 2.14 bits per heavy atom. The summed E-state index contributed by atoms with van der Waals surface area (Å²) in [4.78, 5) is 7.86. The van der Waals surface area contributed by atoms with E-state index in [0.717, 1.165) is 45.9 Å². The molecule has 0 saturated carbocycles. The number of aryl methyl sites for hydroxylation is 3. The third kappa shape index (κ3) is 2.51. The number of nitrogens with one attached hydrogen (secondary N) is 1. The first-order valence-corrected chi connectivity index (χ1v) is 7.58. The van der Waals surface area contributed by atoms with E-state index in [2.05, 4.69) is 26.6 Å². The second kappa shape index (κ2) is 5.44. The van der Waals surface area contributed by atoms with Crippen molar-refractivity contribution < 1.29 is 0 Å². The number of nitrogens with zero attached hydrogens (tertiary/aromatic N) is 4. The summed E-state index contributed by atoms with van der Waals surface area (Å²) in [6, 6.07) is 6.05. The fraction of sp³-hybridized carbons (Fsp3) is 0.400. The average Bonchev–Trinajstić information content (AvgIpc) is 2.90. The van der Waals surface area contributed by atoms with Crippen LogP contribution >= 0.6 is 12.2 Å². The van der Waals surface area contributed by atoms with Crippen molar-refractivity contribution in [1.82, 2.24) is 24.3 Å². The van der Waals surface area contributed by atoms with E-state index in [1.807, 2.05) is 36.9 Å². The molecule has 0 fully saturated rings. The van der Waals surface area contributed by atoms with Crippen LogP contribution in [0.2, 0.25) is 0 Å². The van der Waals surface area contributed by atoms with E-state index in [1.165, 1.54) is 0 Å². The minimum Gasteiger partial charge on any atom is -0.328 e. The number of hydrogen-bond donors (Lipinski definition) is 1. The molecule has 0 amide bonds. The van der Waals surface area contributed by atoms with Gasteiger partial charge in [0.1, 0.15) is 5.52 Å². The number of H-pyrrole nitrogens is 1. The number of pyridine rings is 1. The molecule has 6 heteroatoms. The van der Waals surface area contributed by atoms with Gasteiger partial charge in [0.2, 0.25) is 0 Å². The zero-order valence-corrected chi connectivity index (χ0v) is 13.4. The maximum Gasteiger partial charge on any atom is 0.179 e. The van der Waals surface area contributed by atoms with E-state index in [4.69, 9.17) is 12.2 Å². The SMILES string of the molecule is CCCc1nn(C)c2c1[nH]c(=S)n2Cc1cccc(C)n1. The van der Waals surface area contributed by atoms with Crippen molar-refractivity contribution in [3.05, 3.63) is 40.1 Å². The van der Waals surface area contributed by atoms with E-state index >= 15 is 0 Å². The van der Waals surface area contributed by atoms with Gasteiger partial charge in [-0.2, -0.15) is 5.10 Å². The van der Waals surface area contributed by atoms with Crippen molar-refractivity contribution in [3.63, 3.8) is 0 Å². The number of aromatic nitrogens is 5. The summed E-state index contributed by atoms with van der Waals surface area (Å²) in [7, 11) is 1.96. The molecule has 0 aliphatic carbocycles. The quantitative estimate of drug-likeness (QED) is 0.753. The molecule has 1 N–H and O–H groups in total. The van der Waals surface area contributed by atoms with Crippen molar-refractivity contribution in [1.29, 1.82) is 0 Å². The third-order valence-electron chi connectivity index (χ3n) is 3.58. The molecule has 3 aromatic heterocycles. The van der Waals surface area contributed by atoms with Gasteiger partial charge in [0.05, 0.1) is 17.9 Å². The molecule has 0 saturated heterocycles. The Morgan fingerprint density at radius 1 is 1.33 bits per heavy atom. The first kappa shape index (κ1) is 14.0. The van der Waals surface area contributed by atoms with Crippen molar-refractivity contribution in [2.45, 2.75) is 33.2 Å². The third-order valence-corrected chi connectivity index (χ3v) is 3.90. The lowest BCUT2D eigenvalue weighted by Gasteiger charge is -2.05. The Labute approximate surface area is 128 Å². The smallest absolute Gasteiger partial charge is 0.179 e. The van der Waals surface area contributed by atoms with Gasteiger partial charge in [-0.25, -0.2) is 0 Å². The van der Waals surface area contributed by atoms with Crippen molar-refractivity contribution in [2.24, 2.45) is 7.05 Å². The van der Waals surface area contributed by atoms with Crippen LogP contribution in [0.3, 0.4) is 0 Å². The van der Waals surface area contributed by atoms with Gasteiger partial charge in [-0.15, -0.1) is 0 Å². The lowest BCUT2D eigenvalue weighted by Crippen LogP contribution is -2.06. The maximum atomic E-state index is 5.48. The van der Waals surface area contributed by atoms with Crippen LogP contribution in [0.4, 0.5) is 0 Å². The van der Waals surface area contributed by atoms with Crippen LogP contribution in [-0.4, -0.2) is 24.3 Å². The summed E-state index contributed by atoms with van der Waals surface area (Å²) in [6.45, 7) is 4.81. The molecule has 0 unspecified atom stereocenters. The van der Waals surface area contributed by atoms with Gasteiger partial charge in [0, 0.05) is 12.7 Å². The van der Waals surface area contributed by atoms with Gasteiger partial charge < -0.3 is 4.98 Å². The highest BCUT2D eigenvalue weighted by Crippen LogP contribution is 2.20. The van der Waals surface area contributed by atoms with Crippen LogP contribution in [0.1, 0.15) is 30.4 Å². The Kier molecular flexibility index (Phi) is 3.63. The maximum absolute atomic E-state index is 5.48. The molecular weight excluding hydrogens is 282 g/mol. The molecule has 0 bridgehead atoms. The second-order valence-corrected chi connectivity index (χ2v) is 5.69. The molecule has 0 aliphatic rings. The fourth-order valence-electron chi connectivity index (χ4n) is 2.69. The predicted octanol–water partition coefficient (Wildman–Crippen LogP) is 3.14. The normalized spacial score (nSPS) is 11.4. The highest BCUT2D eigenvalue weighted by molar-refractivity contribution is 7.71. The standard InChI is InChI=1S/C15H19N5S/c1-4-6-12-13-14(19(3)18-12)20(15(21)17-13)9-11-8-5-7-10(2)16-11/h5,7-8H,4,6,9H2,1-3H3,(H,17,21). The van der Waals surface area contributed by atoms with Crippen LogP contribution in [0.15, 0.2) is 18.2 Å². The van der Waals surface area contributed by atoms with E-state index < -0.39 is 0 Å². The largest absolute Gasteiger partial charge is 0.328 e. The number of aromatic amines is 1. The average molecular weight is 301 g/mol. The molecule has 3 aromatic rings. The zero-order chi connectivity index (χ0) is 15.0. The van der Waals surface area contributed by atoms with Gasteiger partial charge in [-0.05, 0) is 37.7 Å². The summed E-state index contributed by atoms with van der Waals surface area (Å²) < 4.78 is 4.69. The molecule has 3 rings (SSSR count). The summed E-state index contributed by atoms with van der Waals surface area (Å²) in [5.41, 5.74) is 5.19. The Morgan fingerprint density at radius 3 is 2.86 bits per heavy atom. The highest BCUT2D eigenvalue weighted by atomic mass is 32.1. The molecule has 0 aliphatic heterocycles. The van der Waals surface area contributed by atoms with Crippen LogP contribution in [0, 0.1) is 11.7 Å². The van der Waals surface area contributed by atoms with Crippen LogP contribution in [-0.2, 0) is 20.0 Å². The van der Waals surface area contributed by atoms with Crippen LogP contribution in [0.5, 0.6) is 0 Å². The summed E-state index contributed by atoms with van der Waals surface area (Å²) >= 11 is 5.48. The fourth-order valence-corrected chi connectivity index (χ4v) is 2.94.